The molecule has 10 heteroatoms. The second kappa shape index (κ2) is 9.32. The van der Waals surface area contributed by atoms with Gasteiger partial charge in [0.25, 0.3) is 0 Å². The van der Waals surface area contributed by atoms with Crippen LogP contribution < -0.4 is 13.9 Å². The maximum absolute atomic E-state index is 12.9. The SMILES string of the molecule is COc1ccccc1N1CCN(C(=O)CN(c2cc(Cl)cc(Cl)c2)S(C)(=O)=O)CC1. The van der Waals surface area contributed by atoms with Crippen molar-refractivity contribution in [3.63, 3.8) is 0 Å². The van der Waals surface area contributed by atoms with E-state index in [0.717, 1.165) is 22.0 Å². The molecular weight excluding hydrogens is 449 g/mol. The number of nitrogens with zero attached hydrogens (tertiary/aromatic N) is 3. The van der Waals surface area contributed by atoms with Crippen molar-refractivity contribution < 1.29 is 17.9 Å². The van der Waals surface area contributed by atoms with Gasteiger partial charge in [0.1, 0.15) is 12.3 Å². The van der Waals surface area contributed by atoms with Crippen LogP contribution in [-0.2, 0) is 14.8 Å². The van der Waals surface area contributed by atoms with Gasteiger partial charge in [0.15, 0.2) is 0 Å². The summed E-state index contributed by atoms with van der Waals surface area (Å²) in [5.74, 6) is 0.495. The maximum Gasteiger partial charge on any atom is 0.243 e. The van der Waals surface area contributed by atoms with E-state index in [1.165, 1.54) is 18.2 Å². The topological polar surface area (TPSA) is 70.2 Å². The van der Waals surface area contributed by atoms with Gasteiger partial charge in [0.05, 0.1) is 24.7 Å². The minimum atomic E-state index is -3.71. The van der Waals surface area contributed by atoms with Crippen molar-refractivity contribution in [2.45, 2.75) is 0 Å². The molecule has 1 aliphatic heterocycles. The molecule has 0 N–H and O–H groups in total. The highest BCUT2D eigenvalue weighted by Crippen LogP contribution is 2.29. The van der Waals surface area contributed by atoms with Crippen molar-refractivity contribution in [3.05, 3.63) is 52.5 Å². The number of halogens is 2. The first-order valence-corrected chi connectivity index (χ1v) is 11.9. The van der Waals surface area contributed by atoms with Gasteiger partial charge in [-0.25, -0.2) is 8.42 Å². The van der Waals surface area contributed by atoms with Gasteiger partial charge in [0.2, 0.25) is 15.9 Å². The highest BCUT2D eigenvalue weighted by Gasteiger charge is 2.27. The Balaban J connectivity index is 1.70. The lowest BCUT2D eigenvalue weighted by Crippen LogP contribution is -2.52. The predicted octanol–water partition coefficient (Wildman–Crippen LogP) is 3.12. The monoisotopic (exact) mass is 471 g/mol. The average Bonchev–Trinajstić information content (AvgIpc) is 2.70. The van der Waals surface area contributed by atoms with Gasteiger partial charge in [-0.15, -0.1) is 0 Å². The minimum absolute atomic E-state index is 0.260. The Morgan fingerprint density at radius 3 is 2.23 bits per heavy atom. The lowest BCUT2D eigenvalue weighted by molar-refractivity contribution is -0.129. The van der Waals surface area contributed by atoms with Gasteiger partial charge >= 0.3 is 0 Å². The fourth-order valence-corrected chi connectivity index (χ4v) is 4.74. The fourth-order valence-electron chi connectivity index (χ4n) is 3.39. The second-order valence-electron chi connectivity index (χ2n) is 6.94. The zero-order chi connectivity index (χ0) is 21.9. The lowest BCUT2D eigenvalue weighted by atomic mass is 10.2. The number of rotatable bonds is 6. The standard InChI is InChI=1S/C20H23Cl2N3O4S/c1-29-19-6-4-3-5-18(19)23-7-9-24(10-8-23)20(26)14-25(30(2,27)28)17-12-15(21)11-16(22)13-17/h3-6,11-13H,7-10,14H2,1-2H3. The summed E-state index contributed by atoms with van der Waals surface area (Å²) in [5.41, 5.74) is 1.23. The third-order valence-electron chi connectivity index (χ3n) is 4.87. The summed E-state index contributed by atoms with van der Waals surface area (Å²) < 4.78 is 31.1. The molecule has 2 aromatic carbocycles. The molecule has 162 valence electrons. The summed E-state index contributed by atoms with van der Waals surface area (Å²) in [5, 5.41) is 0.591. The van der Waals surface area contributed by atoms with E-state index in [4.69, 9.17) is 27.9 Å². The van der Waals surface area contributed by atoms with Crippen LogP contribution in [0.5, 0.6) is 5.75 Å². The van der Waals surface area contributed by atoms with E-state index in [9.17, 15) is 13.2 Å². The quantitative estimate of drug-likeness (QED) is 0.647. The highest BCUT2D eigenvalue weighted by molar-refractivity contribution is 7.92. The number of carbonyl (C=O) groups excluding carboxylic acids is 1. The van der Waals surface area contributed by atoms with Crippen molar-refractivity contribution in [3.8, 4) is 5.75 Å². The summed E-state index contributed by atoms with van der Waals surface area (Å²) in [4.78, 5) is 16.7. The smallest absolute Gasteiger partial charge is 0.243 e. The maximum atomic E-state index is 12.9. The van der Waals surface area contributed by atoms with Gasteiger partial charge in [0, 0.05) is 36.2 Å². The van der Waals surface area contributed by atoms with E-state index in [2.05, 4.69) is 4.90 Å². The molecule has 0 saturated carbocycles. The number of carbonyl (C=O) groups is 1. The molecule has 0 aliphatic carbocycles. The number of para-hydroxylation sites is 2. The average molecular weight is 472 g/mol. The molecule has 0 bridgehead atoms. The molecule has 7 nitrogen and oxygen atoms in total. The first kappa shape index (κ1) is 22.5. The van der Waals surface area contributed by atoms with Crippen molar-refractivity contribution >= 4 is 50.5 Å². The number of anilines is 2. The molecule has 1 saturated heterocycles. The highest BCUT2D eigenvalue weighted by atomic mass is 35.5. The number of benzene rings is 2. The van der Waals surface area contributed by atoms with Crippen LogP contribution in [0, 0.1) is 0 Å². The Labute approximate surface area is 186 Å². The van der Waals surface area contributed by atoms with Crippen molar-refractivity contribution in [2.24, 2.45) is 0 Å². The molecule has 1 aliphatic rings. The van der Waals surface area contributed by atoms with Gasteiger partial charge in [-0.3, -0.25) is 9.10 Å². The third kappa shape index (κ3) is 5.30. The van der Waals surface area contributed by atoms with Crippen LogP contribution in [0.25, 0.3) is 0 Å². The summed E-state index contributed by atoms with van der Waals surface area (Å²) >= 11 is 12.0. The molecule has 0 atom stereocenters. The fraction of sp³-hybridized carbons (Fsp3) is 0.350. The first-order chi connectivity index (χ1) is 14.2. The predicted molar refractivity (Wildman–Crippen MR) is 120 cm³/mol. The summed E-state index contributed by atoms with van der Waals surface area (Å²) in [6.45, 7) is 1.88. The molecule has 0 unspecified atom stereocenters. The number of amides is 1. The summed E-state index contributed by atoms with van der Waals surface area (Å²) in [7, 11) is -2.08. The van der Waals surface area contributed by atoms with Crippen LogP contribution in [0.15, 0.2) is 42.5 Å². The Kier molecular flexibility index (Phi) is 7.00. The molecule has 30 heavy (non-hydrogen) atoms. The molecule has 0 spiro atoms. The van der Waals surface area contributed by atoms with E-state index >= 15 is 0 Å². The van der Waals surface area contributed by atoms with E-state index in [-0.39, 0.29) is 18.1 Å². The normalized spacial score (nSPS) is 14.5. The molecule has 0 radical (unpaired) electrons. The van der Waals surface area contributed by atoms with Gasteiger partial charge in [-0.05, 0) is 30.3 Å². The van der Waals surface area contributed by atoms with E-state index < -0.39 is 10.0 Å². The summed E-state index contributed by atoms with van der Waals surface area (Å²) in [6.07, 6.45) is 1.05. The third-order valence-corrected chi connectivity index (χ3v) is 6.45. The van der Waals surface area contributed by atoms with Crippen LogP contribution in [0.3, 0.4) is 0 Å². The van der Waals surface area contributed by atoms with Gasteiger partial charge in [-0.2, -0.15) is 0 Å². The Hall–Kier alpha value is -2.16. The zero-order valence-corrected chi connectivity index (χ0v) is 19.0. The number of piperazine rings is 1. The van der Waals surface area contributed by atoms with Crippen molar-refractivity contribution in [1.82, 2.24) is 4.90 Å². The van der Waals surface area contributed by atoms with E-state index in [1.807, 2.05) is 24.3 Å². The number of ether oxygens (including phenoxy) is 1. The molecule has 0 aromatic heterocycles. The molecule has 2 aromatic rings. The molecule has 1 amide bonds. The van der Waals surface area contributed by atoms with Crippen LogP contribution in [-0.4, -0.2) is 65.3 Å². The Bertz CT molecular complexity index is 1000. The van der Waals surface area contributed by atoms with Gasteiger partial charge in [-0.1, -0.05) is 35.3 Å². The Morgan fingerprint density at radius 2 is 1.67 bits per heavy atom. The molecule has 3 rings (SSSR count). The first-order valence-electron chi connectivity index (χ1n) is 9.28. The lowest BCUT2D eigenvalue weighted by Gasteiger charge is -2.37. The van der Waals surface area contributed by atoms with E-state index in [1.54, 1.807) is 12.0 Å². The van der Waals surface area contributed by atoms with Crippen molar-refractivity contribution in [1.29, 1.82) is 0 Å². The zero-order valence-electron chi connectivity index (χ0n) is 16.7. The molecule has 1 heterocycles. The number of methoxy groups -OCH3 is 1. The van der Waals surface area contributed by atoms with Gasteiger partial charge < -0.3 is 14.5 Å². The minimum Gasteiger partial charge on any atom is -0.495 e. The van der Waals surface area contributed by atoms with Crippen molar-refractivity contribution in [2.75, 3.05) is 55.3 Å². The van der Waals surface area contributed by atoms with Crippen LogP contribution in [0.1, 0.15) is 0 Å². The second-order valence-corrected chi connectivity index (χ2v) is 9.72. The number of sulfonamides is 1. The van der Waals surface area contributed by atoms with Crippen LogP contribution in [0.4, 0.5) is 11.4 Å². The summed E-state index contributed by atoms with van der Waals surface area (Å²) in [6, 6.07) is 12.2. The van der Waals surface area contributed by atoms with E-state index in [0.29, 0.717) is 36.2 Å². The number of hydrogen-bond acceptors (Lipinski definition) is 5. The van der Waals surface area contributed by atoms with Crippen LogP contribution in [0.2, 0.25) is 10.0 Å². The molecular formula is C20H23Cl2N3O4S. The largest absolute Gasteiger partial charge is 0.495 e. The number of hydrogen-bond donors (Lipinski definition) is 0. The molecule has 1 fully saturated rings. The Morgan fingerprint density at radius 1 is 1.07 bits per heavy atom. The van der Waals surface area contributed by atoms with Crippen LogP contribution >= 0.6 is 23.2 Å².